The van der Waals surface area contributed by atoms with E-state index >= 15 is 0 Å². The van der Waals surface area contributed by atoms with Crippen LogP contribution in [0.1, 0.15) is 18.1 Å². The first-order chi connectivity index (χ1) is 18.0. The first-order valence-electron chi connectivity index (χ1n) is 11.7. The average Bonchev–Trinajstić information content (AvgIpc) is 2.90. The van der Waals surface area contributed by atoms with E-state index < -0.39 is 34.4 Å². The normalized spacial score (nSPS) is 11.9. The van der Waals surface area contributed by atoms with E-state index in [0.717, 1.165) is 9.87 Å². The molecule has 202 valence electrons. The molecule has 0 aliphatic carbocycles. The van der Waals surface area contributed by atoms with Crippen molar-refractivity contribution in [3.63, 3.8) is 0 Å². The predicted molar refractivity (Wildman–Crippen MR) is 149 cm³/mol. The maximum absolute atomic E-state index is 13.9. The van der Waals surface area contributed by atoms with Gasteiger partial charge in [0.2, 0.25) is 11.8 Å². The zero-order valence-electron chi connectivity index (χ0n) is 21.4. The lowest BCUT2D eigenvalue weighted by Crippen LogP contribution is -2.50. The second-order valence-electron chi connectivity index (χ2n) is 8.58. The number of halogens is 2. The Morgan fingerprint density at radius 3 is 2.16 bits per heavy atom. The number of carbonyl (C=O) groups excluding carboxylic acids is 2. The van der Waals surface area contributed by atoms with Gasteiger partial charge in [-0.2, -0.15) is 0 Å². The quantitative estimate of drug-likeness (QED) is 0.378. The van der Waals surface area contributed by atoms with Crippen molar-refractivity contribution in [3.05, 3.63) is 87.9 Å². The van der Waals surface area contributed by atoms with Gasteiger partial charge in [0.1, 0.15) is 18.3 Å². The molecule has 0 aliphatic heterocycles. The number of aryl methyl sites for hydroxylation is 1. The summed E-state index contributed by atoms with van der Waals surface area (Å²) in [6.45, 7) is 2.86. The number of nitrogens with zero attached hydrogens (tertiary/aromatic N) is 2. The smallest absolute Gasteiger partial charge is 0.264 e. The summed E-state index contributed by atoms with van der Waals surface area (Å²) in [4.78, 5) is 27.7. The number of rotatable bonds is 10. The van der Waals surface area contributed by atoms with Crippen LogP contribution in [-0.4, -0.2) is 51.9 Å². The van der Waals surface area contributed by atoms with Crippen molar-refractivity contribution in [2.75, 3.05) is 25.0 Å². The number of hydrogen-bond donors (Lipinski definition) is 1. The summed E-state index contributed by atoms with van der Waals surface area (Å²) in [6.07, 6.45) is 0. The van der Waals surface area contributed by atoms with Crippen LogP contribution < -0.4 is 14.4 Å². The summed E-state index contributed by atoms with van der Waals surface area (Å²) in [5.41, 5.74) is 1.68. The van der Waals surface area contributed by atoms with Gasteiger partial charge in [-0.3, -0.25) is 13.9 Å². The maximum Gasteiger partial charge on any atom is 0.264 e. The number of ether oxygens (including phenoxy) is 1. The maximum atomic E-state index is 13.9. The molecule has 0 bridgehead atoms. The monoisotopic (exact) mass is 577 g/mol. The molecule has 3 rings (SSSR count). The third-order valence-corrected chi connectivity index (χ3v) is 8.24. The van der Waals surface area contributed by atoms with Gasteiger partial charge in [0, 0.05) is 23.6 Å². The van der Waals surface area contributed by atoms with Crippen LogP contribution in [0.25, 0.3) is 0 Å². The highest BCUT2D eigenvalue weighted by atomic mass is 35.5. The Morgan fingerprint density at radius 2 is 1.58 bits per heavy atom. The molecular weight excluding hydrogens is 549 g/mol. The molecule has 0 heterocycles. The fourth-order valence-corrected chi connectivity index (χ4v) is 5.50. The molecule has 3 aromatic rings. The number of benzene rings is 3. The summed E-state index contributed by atoms with van der Waals surface area (Å²) >= 11 is 12.2. The first-order valence-corrected chi connectivity index (χ1v) is 13.9. The summed E-state index contributed by atoms with van der Waals surface area (Å²) in [7, 11) is -1.39. The van der Waals surface area contributed by atoms with Crippen molar-refractivity contribution < 1.29 is 22.7 Å². The van der Waals surface area contributed by atoms with Gasteiger partial charge in [-0.15, -0.1) is 0 Å². The van der Waals surface area contributed by atoms with Crippen LogP contribution in [0.5, 0.6) is 5.75 Å². The molecule has 8 nitrogen and oxygen atoms in total. The zero-order chi connectivity index (χ0) is 28.0. The van der Waals surface area contributed by atoms with Crippen LogP contribution in [0.2, 0.25) is 10.0 Å². The van der Waals surface area contributed by atoms with Crippen LogP contribution in [-0.2, 0) is 26.2 Å². The largest absolute Gasteiger partial charge is 0.495 e. The minimum Gasteiger partial charge on any atom is -0.495 e. The van der Waals surface area contributed by atoms with Crippen LogP contribution in [0.3, 0.4) is 0 Å². The zero-order valence-corrected chi connectivity index (χ0v) is 23.8. The Kier molecular flexibility index (Phi) is 9.65. The molecule has 0 aliphatic rings. The number of anilines is 1. The highest BCUT2D eigenvalue weighted by Gasteiger charge is 2.33. The van der Waals surface area contributed by atoms with E-state index in [1.165, 1.54) is 43.3 Å². The second-order valence-corrected chi connectivity index (χ2v) is 11.3. The Hall–Kier alpha value is -3.27. The van der Waals surface area contributed by atoms with Gasteiger partial charge < -0.3 is 15.0 Å². The molecule has 0 radical (unpaired) electrons. The van der Waals surface area contributed by atoms with Crippen LogP contribution in [0.15, 0.2) is 71.6 Å². The van der Waals surface area contributed by atoms with Crippen molar-refractivity contribution in [1.29, 1.82) is 0 Å². The fraction of sp³-hybridized carbons (Fsp3) is 0.259. The third-order valence-electron chi connectivity index (χ3n) is 5.98. The van der Waals surface area contributed by atoms with Gasteiger partial charge in [0.05, 0.1) is 17.7 Å². The van der Waals surface area contributed by atoms with Gasteiger partial charge in [-0.25, -0.2) is 8.42 Å². The molecule has 3 aromatic carbocycles. The lowest BCUT2D eigenvalue weighted by Gasteiger charge is -2.32. The third kappa shape index (κ3) is 6.78. The number of likely N-dealkylation sites (N-methyl/N-ethyl adjacent to an activating group) is 1. The fourth-order valence-electron chi connectivity index (χ4n) is 3.79. The standard InChI is InChI=1S/C27H29Cl2N3O5S/c1-18-5-12-23(13-6-18)38(35,36)32(24-15-22(29)11-14-25(24)37-4)17-26(33)31(19(2)27(34)30-3)16-20-7-9-21(28)10-8-20/h5-15,19H,16-17H2,1-4H3,(H,30,34)/t19-/m0/s1. The van der Waals surface area contributed by atoms with E-state index in [9.17, 15) is 18.0 Å². The Labute approximate surface area is 233 Å². The molecule has 0 unspecified atom stereocenters. The minimum absolute atomic E-state index is 0.0125. The number of carbonyl (C=O) groups is 2. The van der Waals surface area contributed by atoms with Gasteiger partial charge in [0.25, 0.3) is 10.0 Å². The lowest BCUT2D eigenvalue weighted by molar-refractivity contribution is -0.139. The van der Waals surface area contributed by atoms with Crippen molar-refractivity contribution in [2.24, 2.45) is 0 Å². The summed E-state index contributed by atoms with van der Waals surface area (Å²) in [6, 6.07) is 16.7. The molecule has 0 saturated carbocycles. The molecule has 0 saturated heterocycles. The number of nitrogens with one attached hydrogen (secondary N) is 1. The van der Waals surface area contributed by atoms with Crippen molar-refractivity contribution >= 4 is 50.7 Å². The predicted octanol–water partition coefficient (Wildman–Crippen LogP) is 4.67. The Balaban J connectivity index is 2.10. The first kappa shape index (κ1) is 29.3. The Morgan fingerprint density at radius 1 is 0.974 bits per heavy atom. The summed E-state index contributed by atoms with van der Waals surface area (Å²) < 4.78 is 34.2. The van der Waals surface area contributed by atoms with E-state index in [1.807, 2.05) is 6.92 Å². The molecule has 2 amide bonds. The minimum atomic E-state index is -4.25. The number of hydrogen-bond acceptors (Lipinski definition) is 5. The van der Waals surface area contributed by atoms with Crippen LogP contribution in [0.4, 0.5) is 5.69 Å². The molecule has 11 heteroatoms. The SMILES string of the molecule is CNC(=O)[C@H](C)N(Cc1ccc(Cl)cc1)C(=O)CN(c1cc(Cl)ccc1OC)S(=O)(=O)c1ccc(C)cc1. The number of amides is 2. The van der Waals surface area contributed by atoms with E-state index in [-0.39, 0.29) is 27.9 Å². The Bertz CT molecular complexity index is 1400. The molecule has 0 spiro atoms. The highest BCUT2D eigenvalue weighted by molar-refractivity contribution is 7.92. The molecule has 0 aromatic heterocycles. The van der Waals surface area contributed by atoms with Gasteiger partial charge in [-0.1, -0.05) is 53.0 Å². The van der Waals surface area contributed by atoms with Crippen molar-refractivity contribution in [1.82, 2.24) is 10.2 Å². The van der Waals surface area contributed by atoms with Crippen molar-refractivity contribution in [2.45, 2.75) is 31.3 Å². The van der Waals surface area contributed by atoms with E-state index in [0.29, 0.717) is 10.6 Å². The summed E-state index contributed by atoms with van der Waals surface area (Å²) in [5.74, 6) is -0.796. The molecular formula is C27H29Cl2N3O5S. The molecule has 38 heavy (non-hydrogen) atoms. The van der Waals surface area contributed by atoms with Crippen LogP contribution >= 0.6 is 23.2 Å². The topological polar surface area (TPSA) is 96.0 Å². The van der Waals surface area contributed by atoms with E-state index in [4.69, 9.17) is 27.9 Å². The molecule has 0 fully saturated rings. The highest BCUT2D eigenvalue weighted by Crippen LogP contribution is 2.35. The molecule has 1 N–H and O–H groups in total. The second kappa shape index (κ2) is 12.5. The summed E-state index contributed by atoms with van der Waals surface area (Å²) in [5, 5.41) is 3.32. The van der Waals surface area contributed by atoms with Gasteiger partial charge in [0.15, 0.2) is 0 Å². The van der Waals surface area contributed by atoms with Crippen LogP contribution in [0, 0.1) is 6.92 Å². The van der Waals surface area contributed by atoms with Gasteiger partial charge >= 0.3 is 0 Å². The van der Waals surface area contributed by atoms with Crippen molar-refractivity contribution in [3.8, 4) is 5.75 Å². The number of sulfonamides is 1. The lowest BCUT2D eigenvalue weighted by atomic mass is 10.1. The van der Waals surface area contributed by atoms with E-state index in [1.54, 1.807) is 49.4 Å². The average molecular weight is 579 g/mol. The van der Waals surface area contributed by atoms with E-state index in [2.05, 4.69) is 5.32 Å². The molecule has 1 atom stereocenters. The number of methoxy groups -OCH3 is 1. The van der Waals surface area contributed by atoms with Gasteiger partial charge in [-0.05, 0) is 61.9 Å².